The lowest BCUT2D eigenvalue weighted by Gasteiger charge is -2.25. The van der Waals surface area contributed by atoms with Gasteiger partial charge in [-0.15, -0.1) is 0 Å². The van der Waals surface area contributed by atoms with Gasteiger partial charge < -0.3 is 15.0 Å². The summed E-state index contributed by atoms with van der Waals surface area (Å²) in [5.74, 6) is -1.32. The third kappa shape index (κ3) is 3.93. The van der Waals surface area contributed by atoms with Crippen LogP contribution in [0.3, 0.4) is 0 Å². The van der Waals surface area contributed by atoms with Crippen LogP contribution in [0.5, 0.6) is 0 Å². The summed E-state index contributed by atoms with van der Waals surface area (Å²) in [5, 5.41) is 12.0. The lowest BCUT2D eigenvalue weighted by atomic mass is 9.79. The Labute approximate surface area is 123 Å². The largest absolute Gasteiger partial charge is 0.481 e. The molecule has 0 radical (unpaired) electrons. The van der Waals surface area contributed by atoms with Crippen LogP contribution in [0.1, 0.15) is 40.0 Å². The van der Waals surface area contributed by atoms with Gasteiger partial charge in [-0.1, -0.05) is 13.8 Å². The highest BCUT2D eigenvalue weighted by Crippen LogP contribution is 2.31. The molecule has 116 valence electrons. The zero-order chi connectivity index (χ0) is 16.0. The highest BCUT2D eigenvalue weighted by atomic mass is 16.4. The van der Waals surface area contributed by atoms with Gasteiger partial charge in [0.15, 0.2) is 0 Å². The Kier molecular flexibility index (Phi) is 5.69. The number of pyridine rings is 1. The van der Waals surface area contributed by atoms with E-state index in [0.717, 1.165) is 0 Å². The third-order valence-electron chi connectivity index (χ3n) is 3.91. The van der Waals surface area contributed by atoms with Crippen LogP contribution in [0, 0.1) is 5.41 Å². The summed E-state index contributed by atoms with van der Waals surface area (Å²) in [6.45, 7) is 5.87. The Morgan fingerprint density at radius 3 is 2.33 bits per heavy atom. The highest BCUT2D eigenvalue weighted by molar-refractivity contribution is 5.94. The molecule has 1 aromatic heterocycles. The fourth-order valence-corrected chi connectivity index (χ4v) is 2.24. The van der Waals surface area contributed by atoms with Gasteiger partial charge in [-0.05, 0) is 25.8 Å². The Morgan fingerprint density at radius 2 is 1.86 bits per heavy atom. The number of hydrogen-bond acceptors (Lipinski definition) is 3. The summed E-state index contributed by atoms with van der Waals surface area (Å²) < 4.78 is 1.47. The van der Waals surface area contributed by atoms with Gasteiger partial charge in [-0.25, -0.2) is 0 Å². The summed E-state index contributed by atoms with van der Waals surface area (Å²) in [7, 11) is 0. The van der Waals surface area contributed by atoms with Gasteiger partial charge in [-0.3, -0.25) is 14.4 Å². The van der Waals surface area contributed by atoms with Crippen molar-refractivity contribution in [3.8, 4) is 0 Å². The molecule has 1 aromatic rings. The van der Waals surface area contributed by atoms with Crippen molar-refractivity contribution in [2.24, 2.45) is 5.41 Å². The van der Waals surface area contributed by atoms with Crippen LogP contribution in [0.4, 0.5) is 5.69 Å². The SMILES string of the molecule is CCn1cc(NC(=O)CC(CC)(CC)C(=O)O)ccc1=O. The quantitative estimate of drug-likeness (QED) is 0.806. The second-order valence-corrected chi connectivity index (χ2v) is 5.06. The van der Waals surface area contributed by atoms with E-state index >= 15 is 0 Å². The number of carbonyl (C=O) groups excluding carboxylic acids is 1. The molecule has 0 aliphatic rings. The molecule has 0 fully saturated rings. The van der Waals surface area contributed by atoms with Crippen molar-refractivity contribution in [1.82, 2.24) is 4.57 Å². The molecule has 2 N–H and O–H groups in total. The van der Waals surface area contributed by atoms with Gasteiger partial charge >= 0.3 is 5.97 Å². The molecule has 0 saturated heterocycles. The topological polar surface area (TPSA) is 88.4 Å². The molecular weight excluding hydrogens is 272 g/mol. The first kappa shape index (κ1) is 16.9. The minimum absolute atomic E-state index is 0.0828. The fraction of sp³-hybridized carbons (Fsp3) is 0.533. The Balaban J connectivity index is 2.86. The molecule has 0 atom stereocenters. The average molecular weight is 294 g/mol. The van der Waals surface area contributed by atoms with Crippen molar-refractivity contribution in [3.05, 3.63) is 28.7 Å². The number of amides is 1. The van der Waals surface area contributed by atoms with Gasteiger partial charge in [0.1, 0.15) is 0 Å². The second kappa shape index (κ2) is 7.06. The standard InChI is InChI=1S/C15H22N2O4/c1-4-15(5-2,14(20)21)9-12(18)16-11-7-8-13(19)17(6-3)10-11/h7-8,10H,4-6,9H2,1-3H3,(H,16,18)(H,20,21). The second-order valence-electron chi connectivity index (χ2n) is 5.06. The van der Waals surface area contributed by atoms with E-state index in [1.165, 1.54) is 16.7 Å². The average Bonchev–Trinajstić information content (AvgIpc) is 2.46. The summed E-state index contributed by atoms with van der Waals surface area (Å²) in [5.41, 5.74) is -0.686. The summed E-state index contributed by atoms with van der Waals surface area (Å²) in [4.78, 5) is 34.9. The number of nitrogens with one attached hydrogen (secondary N) is 1. The van der Waals surface area contributed by atoms with Crippen molar-refractivity contribution in [2.75, 3.05) is 5.32 Å². The Hall–Kier alpha value is -2.11. The molecule has 6 nitrogen and oxygen atoms in total. The summed E-state index contributed by atoms with van der Waals surface area (Å²) in [6.07, 6.45) is 2.25. The number of anilines is 1. The highest BCUT2D eigenvalue weighted by Gasteiger charge is 2.37. The first-order chi connectivity index (χ1) is 9.88. The van der Waals surface area contributed by atoms with E-state index in [-0.39, 0.29) is 17.9 Å². The lowest BCUT2D eigenvalue weighted by molar-refractivity contribution is -0.151. The minimum atomic E-state index is -1.04. The van der Waals surface area contributed by atoms with Gasteiger partial charge in [0.2, 0.25) is 5.91 Å². The minimum Gasteiger partial charge on any atom is -0.481 e. The molecule has 0 bridgehead atoms. The summed E-state index contributed by atoms with van der Waals surface area (Å²) >= 11 is 0. The fourth-order valence-electron chi connectivity index (χ4n) is 2.24. The van der Waals surface area contributed by atoms with Crippen LogP contribution >= 0.6 is 0 Å². The van der Waals surface area contributed by atoms with Crippen molar-refractivity contribution >= 4 is 17.6 Å². The predicted octanol–water partition coefficient (Wildman–Crippen LogP) is 2.09. The van der Waals surface area contributed by atoms with E-state index in [4.69, 9.17) is 0 Å². The molecule has 1 amide bonds. The smallest absolute Gasteiger partial charge is 0.310 e. The zero-order valence-corrected chi connectivity index (χ0v) is 12.7. The monoisotopic (exact) mass is 294 g/mol. The Bertz CT molecular complexity index is 573. The maximum Gasteiger partial charge on any atom is 0.310 e. The zero-order valence-electron chi connectivity index (χ0n) is 12.7. The first-order valence-electron chi connectivity index (χ1n) is 7.12. The van der Waals surface area contributed by atoms with Crippen LogP contribution in [-0.2, 0) is 16.1 Å². The maximum atomic E-state index is 12.1. The summed E-state index contributed by atoms with van der Waals surface area (Å²) in [6, 6.07) is 2.90. The normalized spacial score (nSPS) is 11.2. The molecule has 0 saturated carbocycles. The molecule has 0 aliphatic carbocycles. The number of carboxylic acids is 1. The van der Waals surface area contributed by atoms with Crippen LogP contribution in [-0.4, -0.2) is 21.6 Å². The van der Waals surface area contributed by atoms with E-state index in [2.05, 4.69) is 5.32 Å². The van der Waals surface area contributed by atoms with Gasteiger partial charge in [0, 0.05) is 25.2 Å². The Morgan fingerprint density at radius 1 is 1.24 bits per heavy atom. The number of nitrogens with zero attached hydrogens (tertiary/aromatic N) is 1. The van der Waals surface area contributed by atoms with Crippen molar-refractivity contribution in [2.45, 2.75) is 46.6 Å². The lowest BCUT2D eigenvalue weighted by Crippen LogP contribution is -2.34. The number of hydrogen-bond donors (Lipinski definition) is 2. The number of carbonyl (C=O) groups is 2. The molecule has 1 heterocycles. The molecule has 0 unspecified atom stereocenters. The number of aryl methyl sites for hydroxylation is 1. The molecule has 0 aliphatic heterocycles. The van der Waals surface area contributed by atoms with Gasteiger partial charge in [-0.2, -0.15) is 0 Å². The maximum absolute atomic E-state index is 12.1. The number of aromatic nitrogens is 1. The molecule has 6 heteroatoms. The van der Waals surface area contributed by atoms with Crippen molar-refractivity contribution < 1.29 is 14.7 Å². The van der Waals surface area contributed by atoms with Crippen LogP contribution in [0.15, 0.2) is 23.1 Å². The van der Waals surface area contributed by atoms with E-state index in [1.807, 2.05) is 6.92 Å². The van der Waals surface area contributed by atoms with Crippen molar-refractivity contribution in [1.29, 1.82) is 0 Å². The number of aliphatic carboxylic acids is 1. The molecular formula is C15H22N2O4. The van der Waals surface area contributed by atoms with Gasteiger partial charge in [0.25, 0.3) is 5.56 Å². The first-order valence-corrected chi connectivity index (χ1v) is 7.12. The van der Waals surface area contributed by atoms with E-state index in [9.17, 15) is 19.5 Å². The molecule has 21 heavy (non-hydrogen) atoms. The third-order valence-corrected chi connectivity index (χ3v) is 3.91. The molecule has 1 rings (SSSR count). The van der Waals surface area contributed by atoms with Crippen molar-refractivity contribution in [3.63, 3.8) is 0 Å². The van der Waals surface area contributed by atoms with Crippen LogP contribution < -0.4 is 10.9 Å². The van der Waals surface area contributed by atoms with Gasteiger partial charge in [0.05, 0.1) is 11.1 Å². The number of rotatable bonds is 7. The molecule has 0 aromatic carbocycles. The van der Waals surface area contributed by atoms with E-state index in [1.54, 1.807) is 20.0 Å². The van der Waals surface area contributed by atoms with E-state index < -0.39 is 11.4 Å². The molecule has 0 spiro atoms. The van der Waals surface area contributed by atoms with Crippen LogP contribution in [0.25, 0.3) is 0 Å². The van der Waals surface area contributed by atoms with E-state index in [0.29, 0.717) is 25.1 Å². The number of carboxylic acid groups (broad SMARTS) is 1. The van der Waals surface area contributed by atoms with Crippen LogP contribution in [0.2, 0.25) is 0 Å². The predicted molar refractivity (Wildman–Crippen MR) is 80.3 cm³/mol.